The molecule has 0 atom stereocenters. The highest BCUT2D eigenvalue weighted by Crippen LogP contribution is 2.15. The molecule has 2 aromatic carbocycles. The van der Waals surface area contributed by atoms with Crippen molar-refractivity contribution in [1.29, 1.82) is 0 Å². The van der Waals surface area contributed by atoms with E-state index in [0.29, 0.717) is 37.2 Å². The van der Waals surface area contributed by atoms with Crippen LogP contribution in [0.5, 0.6) is 0 Å². The Bertz CT molecular complexity index is 1050. The number of β-lactam (4-membered cyclic amide) rings is 2. The number of nitrogen functional groups attached to an aromatic ring is 1. The Hall–Kier alpha value is -4.08. The lowest BCUT2D eigenvalue weighted by atomic mass is 10.1. The average molecular weight is 438 g/mol. The summed E-state index contributed by atoms with van der Waals surface area (Å²) in [6, 6.07) is 12.9. The molecule has 4 rings (SSSR count). The van der Waals surface area contributed by atoms with Crippen LogP contribution >= 0.6 is 0 Å². The molecule has 0 bridgehead atoms. The number of amides is 4. The predicted molar refractivity (Wildman–Crippen MR) is 114 cm³/mol. The molecule has 4 amide bonds. The number of hydrogen-bond donors (Lipinski definition) is 1. The molecule has 0 radical (unpaired) electrons. The van der Waals surface area contributed by atoms with Crippen molar-refractivity contribution in [2.45, 2.75) is 25.7 Å². The van der Waals surface area contributed by atoms with Crippen LogP contribution in [0, 0.1) is 10.1 Å². The number of hydrogen-bond acceptors (Lipinski definition) is 7. The highest BCUT2D eigenvalue weighted by molar-refractivity contribution is 6.00. The van der Waals surface area contributed by atoms with Crippen LogP contribution in [0.4, 0.5) is 11.4 Å². The molecule has 2 N–H and O–H groups in total. The van der Waals surface area contributed by atoms with Crippen molar-refractivity contribution in [3.8, 4) is 0 Å². The maximum atomic E-state index is 11.6. The van der Waals surface area contributed by atoms with Gasteiger partial charge in [0.25, 0.3) is 5.69 Å². The number of imide groups is 2. The molecule has 2 aromatic rings. The number of nitrogens with two attached hydrogens (primary N) is 1. The largest absolute Gasteiger partial charge is 0.399 e. The summed E-state index contributed by atoms with van der Waals surface area (Å²) in [6.07, 6.45) is 1.29. The molecule has 10 heteroatoms. The predicted octanol–water partition coefficient (Wildman–Crippen LogP) is 1.47. The minimum Gasteiger partial charge on any atom is -0.399 e. The van der Waals surface area contributed by atoms with Crippen molar-refractivity contribution in [3.05, 3.63) is 69.8 Å². The Morgan fingerprint density at radius 2 is 1.22 bits per heavy atom. The minimum atomic E-state index is -0.495. The number of nitro benzene ring substituents is 1. The van der Waals surface area contributed by atoms with Crippen LogP contribution in [-0.4, -0.2) is 51.4 Å². The number of benzene rings is 2. The monoisotopic (exact) mass is 438 g/mol. The normalized spacial score (nSPS) is 14.6. The van der Waals surface area contributed by atoms with E-state index in [-0.39, 0.29) is 42.2 Å². The molecule has 0 saturated carbocycles. The van der Waals surface area contributed by atoms with Crippen molar-refractivity contribution < 1.29 is 24.1 Å². The Kier molecular flexibility index (Phi) is 6.93. The van der Waals surface area contributed by atoms with E-state index >= 15 is 0 Å². The second kappa shape index (κ2) is 9.82. The number of rotatable bonds is 5. The lowest BCUT2D eigenvalue weighted by molar-refractivity contribution is -0.384. The number of nitrogens with zero attached hydrogens (tertiary/aromatic N) is 3. The third-order valence-electron chi connectivity index (χ3n) is 5.14. The van der Waals surface area contributed by atoms with Crippen LogP contribution < -0.4 is 5.73 Å². The smallest absolute Gasteiger partial charge is 0.269 e. The van der Waals surface area contributed by atoms with E-state index in [9.17, 15) is 29.3 Å². The quantitative estimate of drug-likeness (QED) is 0.322. The molecular weight excluding hydrogens is 416 g/mol. The average Bonchev–Trinajstić information content (AvgIpc) is 2.74. The SMILES string of the molecule is Nc1ccc(CC(=O)N2CCC2=O)cc1.O=C1CCN1C(=O)Cc1ccc([N+](=O)[O-])cc1. The standard InChI is InChI=1S/C11H10N2O4.C11H12N2O2/c14-10-5-6-12(10)11(15)7-8-1-3-9(4-2-8)13(16)17;12-9-3-1-8(2-4-9)7-11(15)13-6-5-10(13)14/h1-4H,5-7H2;1-4H,5-7,12H2. The van der Waals surface area contributed by atoms with Gasteiger partial charge >= 0.3 is 0 Å². The van der Waals surface area contributed by atoms with Crippen LogP contribution in [-0.2, 0) is 32.0 Å². The maximum Gasteiger partial charge on any atom is 0.269 e. The second-order valence-corrected chi connectivity index (χ2v) is 7.40. The van der Waals surface area contributed by atoms with E-state index in [1.165, 1.54) is 34.1 Å². The van der Waals surface area contributed by atoms with Gasteiger partial charge in [-0.1, -0.05) is 24.3 Å². The summed E-state index contributed by atoms with van der Waals surface area (Å²) < 4.78 is 0. The first-order chi connectivity index (χ1) is 15.2. The van der Waals surface area contributed by atoms with Crippen LogP contribution in [0.15, 0.2) is 48.5 Å². The first kappa shape index (κ1) is 22.6. The van der Waals surface area contributed by atoms with Crippen molar-refractivity contribution >= 4 is 35.0 Å². The molecule has 0 aliphatic carbocycles. The molecule has 10 nitrogen and oxygen atoms in total. The van der Waals surface area contributed by atoms with Crippen molar-refractivity contribution in [3.63, 3.8) is 0 Å². The Balaban J connectivity index is 0.000000182. The van der Waals surface area contributed by atoms with Gasteiger partial charge in [0, 0.05) is 43.8 Å². The van der Waals surface area contributed by atoms with Gasteiger partial charge in [-0.25, -0.2) is 0 Å². The van der Waals surface area contributed by atoms with Crippen LogP contribution in [0.2, 0.25) is 0 Å². The van der Waals surface area contributed by atoms with Gasteiger partial charge in [0.05, 0.1) is 17.8 Å². The molecule has 0 unspecified atom stereocenters. The van der Waals surface area contributed by atoms with Crippen LogP contribution in [0.25, 0.3) is 0 Å². The molecule has 2 heterocycles. The van der Waals surface area contributed by atoms with Gasteiger partial charge in [0.2, 0.25) is 23.6 Å². The van der Waals surface area contributed by atoms with Gasteiger partial charge in [-0.05, 0) is 23.3 Å². The first-order valence-corrected chi connectivity index (χ1v) is 9.98. The highest BCUT2D eigenvalue weighted by atomic mass is 16.6. The van der Waals surface area contributed by atoms with E-state index in [4.69, 9.17) is 5.73 Å². The summed E-state index contributed by atoms with van der Waals surface area (Å²) in [7, 11) is 0. The highest BCUT2D eigenvalue weighted by Gasteiger charge is 2.30. The fourth-order valence-electron chi connectivity index (χ4n) is 3.07. The molecule has 0 aromatic heterocycles. The number of nitro groups is 1. The first-order valence-electron chi connectivity index (χ1n) is 9.98. The molecular formula is C22H22N4O6. The van der Waals surface area contributed by atoms with Gasteiger partial charge < -0.3 is 5.73 Å². The van der Waals surface area contributed by atoms with Gasteiger partial charge in [-0.15, -0.1) is 0 Å². The Labute approximate surface area is 183 Å². The zero-order chi connectivity index (χ0) is 23.3. The fourth-order valence-corrected chi connectivity index (χ4v) is 3.07. The van der Waals surface area contributed by atoms with Crippen molar-refractivity contribution in [1.82, 2.24) is 9.80 Å². The maximum absolute atomic E-state index is 11.6. The Morgan fingerprint density at radius 3 is 1.53 bits per heavy atom. The lowest BCUT2D eigenvalue weighted by Crippen LogP contribution is -2.48. The summed E-state index contributed by atoms with van der Waals surface area (Å²) in [4.78, 5) is 57.6. The zero-order valence-corrected chi connectivity index (χ0v) is 17.2. The van der Waals surface area contributed by atoms with Gasteiger partial charge in [-0.3, -0.25) is 39.1 Å². The van der Waals surface area contributed by atoms with Gasteiger partial charge in [0.1, 0.15) is 0 Å². The van der Waals surface area contributed by atoms with Crippen molar-refractivity contribution in [2.24, 2.45) is 0 Å². The zero-order valence-electron chi connectivity index (χ0n) is 17.2. The number of carbonyl (C=O) groups is 4. The summed E-state index contributed by atoms with van der Waals surface area (Å²) >= 11 is 0. The minimum absolute atomic E-state index is 0.0128. The molecule has 2 aliphatic rings. The van der Waals surface area contributed by atoms with Crippen LogP contribution in [0.3, 0.4) is 0 Å². The Morgan fingerprint density at radius 1 is 0.812 bits per heavy atom. The van der Waals surface area contributed by atoms with Crippen molar-refractivity contribution in [2.75, 3.05) is 18.8 Å². The third kappa shape index (κ3) is 5.54. The number of likely N-dealkylation sites (tertiary alicyclic amines) is 2. The molecule has 0 spiro atoms. The molecule has 32 heavy (non-hydrogen) atoms. The van der Waals surface area contributed by atoms with E-state index in [2.05, 4.69) is 0 Å². The van der Waals surface area contributed by atoms with Gasteiger partial charge in [0.15, 0.2) is 0 Å². The van der Waals surface area contributed by atoms with E-state index < -0.39 is 4.92 Å². The summed E-state index contributed by atoms with van der Waals surface area (Å²) in [5.74, 6) is -0.613. The third-order valence-corrected chi connectivity index (χ3v) is 5.14. The lowest BCUT2D eigenvalue weighted by Gasteiger charge is -2.28. The van der Waals surface area contributed by atoms with E-state index in [0.717, 1.165) is 5.56 Å². The van der Waals surface area contributed by atoms with Gasteiger partial charge in [-0.2, -0.15) is 0 Å². The van der Waals surface area contributed by atoms with E-state index in [1.54, 1.807) is 24.3 Å². The van der Waals surface area contributed by atoms with Crippen LogP contribution in [0.1, 0.15) is 24.0 Å². The summed E-state index contributed by atoms with van der Waals surface area (Å²) in [5.41, 5.74) is 7.74. The van der Waals surface area contributed by atoms with E-state index in [1.807, 2.05) is 0 Å². The summed E-state index contributed by atoms with van der Waals surface area (Å²) in [5, 5.41) is 10.4. The number of carbonyl (C=O) groups excluding carboxylic acids is 4. The summed E-state index contributed by atoms with van der Waals surface area (Å²) in [6.45, 7) is 1.04. The molecule has 2 aliphatic heterocycles. The topological polar surface area (TPSA) is 144 Å². The number of anilines is 1. The number of non-ortho nitro benzene ring substituents is 1. The molecule has 2 saturated heterocycles. The fraction of sp³-hybridized carbons (Fsp3) is 0.273. The molecule has 2 fully saturated rings. The molecule has 166 valence electrons. The second-order valence-electron chi connectivity index (χ2n) is 7.40.